The third-order valence-electron chi connectivity index (χ3n) is 2.40. The Balaban J connectivity index is 2.33. The van der Waals surface area contributed by atoms with Gasteiger partial charge in [0.1, 0.15) is 6.29 Å². The zero-order valence-corrected chi connectivity index (χ0v) is 6.71. The molecule has 2 heteroatoms. The van der Waals surface area contributed by atoms with Gasteiger partial charge in [-0.3, -0.25) is 4.90 Å². The summed E-state index contributed by atoms with van der Waals surface area (Å²) in [7, 11) is 0. The first-order valence-electron chi connectivity index (χ1n) is 3.90. The minimum absolute atomic E-state index is 0.620. The predicted octanol–water partition coefficient (Wildman–Crippen LogP) is 0.773. The van der Waals surface area contributed by atoms with Crippen LogP contribution in [0.1, 0.15) is 13.8 Å². The third-order valence-corrected chi connectivity index (χ3v) is 2.40. The summed E-state index contributed by atoms with van der Waals surface area (Å²) in [5, 5.41) is 0. The average molecular weight is 141 g/mol. The van der Waals surface area contributed by atoms with Gasteiger partial charge in [-0.2, -0.15) is 0 Å². The molecular weight excluding hydrogens is 126 g/mol. The highest BCUT2D eigenvalue weighted by molar-refractivity contribution is 5.52. The Bertz CT molecular complexity index is 114. The second kappa shape index (κ2) is 3.15. The molecule has 0 amide bonds. The molecule has 0 aromatic heterocycles. The van der Waals surface area contributed by atoms with Crippen molar-refractivity contribution in [3.63, 3.8) is 0 Å². The zero-order valence-electron chi connectivity index (χ0n) is 6.71. The molecule has 1 fully saturated rings. The smallest absolute Gasteiger partial charge is 0.133 e. The van der Waals surface area contributed by atoms with Crippen molar-refractivity contribution in [2.45, 2.75) is 13.8 Å². The summed E-state index contributed by atoms with van der Waals surface area (Å²) in [5.41, 5.74) is 0. The highest BCUT2D eigenvalue weighted by Gasteiger charge is 2.24. The van der Waals surface area contributed by atoms with Crippen LogP contribution in [0.25, 0.3) is 0 Å². The van der Waals surface area contributed by atoms with E-state index in [1.807, 2.05) is 0 Å². The van der Waals surface area contributed by atoms with Crippen LogP contribution >= 0.6 is 0 Å². The van der Waals surface area contributed by atoms with Gasteiger partial charge in [0.15, 0.2) is 0 Å². The van der Waals surface area contributed by atoms with Gasteiger partial charge in [-0.1, -0.05) is 13.8 Å². The number of carbonyl (C=O) groups is 1. The molecule has 1 rings (SSSR count). The van der Waals surface area contributed by atoms with E-state index in [9.17, 15) is 4.79 Å². The summed E-state index contributed by atoms with van der Waals surface area (Å²) in [6, 6.07) is 0. The third kappa shape index (κ3) is 1.57. The molecule has 1 heterocycles. The van der Waals surface area contributed by atoms with E-state index >= 15 is 0 Å². The molecule has 58 valence electrons. The first kappa shape index (κ1) is 7.73. The van der Waals surface area contributed by atoms with Crippen molar-refractivity contribution in [2.24, 2.45) is 11.8 Å². The molecule has 0 saturated carbocycles. The standard InChI is InChI=1S/C8H15NO/c1-7-5-9(3-4-10)6-8(7)2/h4,7-8H,3,5-6H2,1-2H3. The minimum atomic E-state index is 0.620. The summed E-state index contributed by atoms with van der Waals surface area (Å²) >= 11 is 0. The molecular formula is C8H15NO. The van der Waals surface area contributed by atoms with E-state index in [-0.39, 0.29) is 0 Å². The fraction of sp³-hybridized carbons (Fsp3) is 0.875. The maximum Gasteiger partial charge on any atom is 0.133 e. The molecule has 2 atom stereocenters. The van der Waals surface area contributed by atoms with Gasteiger partial charge in [-0.25, -0.2) is 0 Å². The summed E-state index contributed by atoms with van der Waals surface area (Å²) in [5.74, 6) is 1.53. The number of hydrogen-bond donors (Lipinski definition) is 0. The van der Waals surface area contributed by atoms with Gasteiger partial charge in [0.05, 0.1) is 6.54 Å². The van der Waals surface area contributed by atoms with Gasteiger partial charge in [0, 0.05) is 13.1 Å². The quantitative estimate of drug-likeness (QED) is 0.529. The summed E-state index contributed by atoms with van der Waals surface area (Å²) in [6.45, 7) is 7.30. The second-order valence-corrected chi connectivity index (χ2v) is 3.34. The summed E-state index contributed by atoms with van der Waals surface area (Å²) in [4.78, 5) is 12.3. The monoisotopic (exact) mass is 141 g/mol. The highest BCUT2D eigenvalue weighted by atomic mass is 16.1. The van der Waals surface area contributed by atoms with E-state index in [4.69, 9.17) is 0 Å². The van der Waals surface area contributed by atoms with Crippen LogP contribution in [0.2, 0.25) is 0 Å². The zero-order chi connectivity index (χ0) is 7.56. The van der Waals surface area contributed by atoms with Crippen LogP contribution in [0.15, 0.2) is 0 Å². The lowest BCUT2D eigenvalue weighted by atomic mass is 10.0. The molecule has 0 bridgehead atoms. The Morgan fingerprint density at radius 2 is 1.90 bits per heavy atom. The van der Waals surface area contributed by atoms with E-state index in [1.54, 1.807) is 0 Å². The molecule has 0 aromatic rings. The highest BCUT2D eigenvalue weighted by Crippen LogP contribution is 2.20. The SMILES string of the molecule is CC1CN(CC=O)CC1C. The number of hydrogen-bond acceptors (Lipinski definition) is 2. The maximum absolute atomic E-state index is 10.1. The first-order chi connectivity index (χ1) is 4.74. The van der Waals surface area contributed by atoms with Crippen LogP contribution in [0.5, 0.6) is 0 Å². The van der Waals surface area contributed by atoms with E-state index in [0.29, 0.717) is 6.54 Å². The van der Waals surface area contributed by atoms with Crippen molar-refractivity contribution < 1.29 is 4.79 Å². The molecule has 0 aromatic carbocycles. The second-order valence-electron chi connectivity index (χ2n) is 3.34. The van der Waals surface area contributed by atoms with Gasteiger partial charge < -0.3 is 4.79 Å². The molecule has 1 saturated heterocycles. The van der Waals surface area contributed by atoms with E-state index in [2.05, 4.69) is 18.7 Å². The van der Waals surface area contributed by atoms with Gasteiger partial charge in [-0.05, 0) is 11.8 Å². The lowest BCUT2D eigenvalue weighted by Crippen LogP contribution is -2.22. The Morgan fingerprint density at radius 3 is 2.30 bits per heavy atom. The summed E-state index contributed by atoms with van der Waals surface area (Å²) < 4.78 is 0. The van der Waals surface area contributed by atoms with Crippen molar-refractivity contribution in [1.82, 2.24) is 4.90 Å². The van der Waals surface area contributed by atoms with Crippen molar-refractivity contribution >= 4 is 6.29 Å². The van der Waals surface area contributed by atoms with Crippen molar-refractivity contribution in [2.75, 3.05) is 19.6 Å². The number of nitrogens with zero attached hydrogens (tertiary/aromatic N) is 1. The molecule has 0 spiro atoms. The Hall–Kier alpha value is -0.370. The molecule has 0 radical (unpaired) electrons. The van der Waals surface area contributed by atoms with E-state index in [1.165, 1.54) is 0 Å². The topological polar surface area (TPSA) is 20.3 Å². The van der Waals surface area contributed by atoms with Gasteiger partial charge in [-0.15, -0.1) is 0 Å². The molecule has 0 aliphatic carbocycles. The van der Waals surface area contributed by atoms with Crippen LogP contribution in [0.3, 0.4) is 0 Å². The van der Waals surface area contributed by atoms with Crippen LogP contribution in [-0.4, -0.2) is 30.8 Å². The molecule has 10 heavy (non-hydrogen) atoms. The van der Waals surface area contributed by atoms with Crippen molar-refractivity contribution in [1.29, 1.82) is 0 Å². The van der Waals surface area contributed by atoms with Gasteiger partial charge >= 0.3 is 0 Å². The Kier molecular flexibility index (Phi) is 2.44. The lowest BCUT2D eigenvalue weighted by Gasteiger charge is -2.09. The number of rotatable bonds is 2. The van der Waals surface area contributed by atoms with E-state index in [0.717, 1.165) is 31.2 Å². The Morgan fingerprint density at radius 1 is 1.40 bits per heavy atom. The van der Waals surface area contributed by atoms with Crippen LogP contribution in [-0.2, 0) is 4.79 Å². The van der Waals surface area contributed by atoms with E-state index < -0.39 is 0 Å². The maximum atomic E-state index is 10.1. The minimum Gasteiger partial charge on any atom is -0.302 e. The van der Waals surface area contributed by atoms with Gasteiger partial charge in [0.25, 0.3) is 0 Å². The Labute approximate surface area is 62.2 Å². The lowest BCUT2D eigenvalue weighted by molar-refractivity contribution is -0.108. The fourth-order valence-corrected chi connectivity index (χ4v) is 1.50. The molecule has 2 nitrogen and oxygen atoms in total. The average Bonchev–Trinajstić information content (AvgIpc) is 2.14. The largest absolute Gasteiger partial charge is 0.302 e. The van der Waals surface area contributed by atoms with Gasteiger partial charge in [0.2, 0.25) is 0 Å². The molecule has 1 aliphatic heterocycles. The molecule has 1 aliphatic rings. The first-order valence-corrected chi connectivity index (χ1v) is 3.90. The van der Waals surface area contributed by atoms with Crippen LogP contribution in [0.4, 0.5) is 0 Å². The predicted molar refractivity (Wildman–Crippen MR) is 40.8 cm³/mol. The number of aldehydes is 1. The van der Waals surface area contributed by atoms with Crippen LogP contribution in [0, 0.1) is 11.8 Å². The fourth-order valence-electron chi connectivity index (χ4n) is 1.50. The molecule has 2 unspecified atom stereocenters. The number of likely N-dealkylation sites (tertiary alicyclic amines) is 1. The van der Waals surface area contributed by atoms with Crippen molar-refractivity contribution in [3.8, 4) is 0 Å². The normalized spacial score (nSPS) is 34.6. The van der Waals surface area contributed by atoms with Crippen LogP contribution < -0.4 is 0 Å². The van der Waals surface area contributed by atoms with Crippen molar-refractivity contribution in [3.05, 3.63) is 0 Å². The molecule has 0 N–H and O–H groups in total. The summed E-state index contributed by atoms with van der Waals surface area (Å²) in [6.07, 6.45) is 0.991. The number of carbonyl (C=O) groups excluding carboxylic acids is 1.